The smallest absolute Gasteiger partial charge is 0.234 e. The van der Waals surface area contributed by atoms with E-state index in [4.69, 9.17) is 0 Å². The third-order valence-electron chi connectivity index (χ3n) is 3.23. The van der Waals surface area contributed by atoms with Crippen LogP contribution in [0.1, 0.15) is 53.9 Å². The molecule has 16 heavy (non-hydrogen) atoms. The van der Waals surface area contributed by atoms with E-state index in [2.05, 4.69) is 31.4 Å². The highest BCUT2D eigenvalue weighted by Crippen LogP contribution is 2.06. The van der Waals surface area contributed by atoms with Crippen molar-refractivity contribution in [3.8, 4) is 0 Å². The highest BCUT2D eigenvalue weighted by molar-refractivity contribution is 5.78. The molecule has 0 radical (unpaired) electrons. The van der Waals surface area contributed by atoms with Gasteiger partial charge in [0.1, 0.15) is 0 Å². The summed E-state index contributed by atoms with van der Waals surface area (Å²) in [6.07, 6.45) is 3.29. The summed E-state index contributed by atoms with van der Waals surface area (Å²) in [6.45, 7) is 11.9. The van der Waals surface area contributed by atoms with Gasteiger partial charge in [0.2, 0.25) is 5.91 Å². The summed E-state index contributed by atoms with van der Waals surface area (Å²) in [5.74, 6) is 0.782. The summed E-state index contributed by atoms with van der Waals surface area (Å²) in [5.41, 5.74) is -0.0896. The minimum atomic E-state index is -0.0896. The molecule has 1 amide bonds. The molecule has 0 saturated carbocycles. The van der Waals surface area contributed by atoms with Crippen LogP contribution >= 0.6 is 0 Å². The van der Waals surface area contributed by atoms with Crippen molar-refractivity contribution in [3.63, 3.8) is 0 Å². The van der Waals surface area contributed by atoms with Crippen LogP contribution in [0.5, 0.6) is 0 Å². The fraction of sp³-hybridized carbons (Fsp3) is 0.923. The standard InChI is InChI=1S/C13H28N2O/c1-6-11(7-2)9-14-10-12(16)15-13(4,5)8-3/h11,14H,6-10H2,1-5H3,(H,15,16). The molecule has 0 unspecified atom stereocenters. The Bertz CT molecular complexity index is 198. The van der Waals surface area contributed by atoms with Crippen LogP contribution < -0.4 is 10.6 Å². The quantitative estimate of drug-likeness (QED) is 0.669. The molecule has 0 bridgehead atoms. The van der Waals surface area contributed by atoms with Crippen molar-refractivity contribution in [2.75, 3.05) is 13.1 Å². The van der Waals surface area contributed by atoms with Crippen LogP contribution in [-0.4, -0.2) is 24.5 Å². The number of hydrogen-bond donors (Lipinski definition) is 2. The lowest BCUT2D eigenvalue weighted by atomic mass is 10.0. The Hall–Kier alpha value is -0.570. The summed E-state index contributed by atoms with van der Waals surface area (Å²) in [7, 11) is 0. The molecule has 2 N–H and O–H groups in total. The summed E-state index contributed by atoms with van der Waals surface area (Å²) < 4.78 is 0. The lowest BCUT2D eigenvalue weighted by molar-refractivity contribution is -0.121. The second-order valence-electron chi connectivity index (χ2n) is 5.10. The van der Waals surface area contributed by atoms with Crippen molar-refractivity contribution >= 4 is 5.91 Å². The lowest BCUT2D eigenvalue weighted by Crippen LogP contribution is -2.46. The van der Waals surface area contributed by atoms with E-state index in [1.807, 2.05) is 13.8 Å². The van der Waals surface area contributed by atoms with E-state index >= 15 is 0 Å². The number of rotatable bonds is 8. The number of hydrogen-bond acceptors (Lipinski definition) is 2. The average Bonchev–Trinajstić information content (AvgIpc) is 2.24. The van der Waals surface area contributed by atoms with Crippen LogP contribution in [0.3, 0.4) is 0 Å². The second-order valence-corrected chi connectivity index (χ2v) is 5.10. The van der Waals surface area contributed by atoms with E-state index in [9.17, 15) is 4.79 Å². The average molecular weight is 228 g/mol. The molecule has 0 rings (SSSR count). The molecular formula is C13H28N2O. The predicted octanol–water partition coefficient (Wildman–Crippen LogP) is 2.32. The third-order valence-corrected chi connectivity index (χ3v) is 3.23. The van der Waals surface area contributed by atoms with Gasteiger partial charge < -0.3 is 10.6 Å². The van der Waals surface area contributed by atoms with Gasteiger partial charge in [-0.2, -0.15) is 0 Å². The Morgan fingerprint density at radius 1 is 1.19 bits per heavy atom. The SMILES string of the molecule is CCC(CC)CNCC(=O)NC(C)(C)CC. The summed E-state index contributed by atoms with van der Waals surface area (Å²) in [4.78, 5) is 11.6. The highest BCUT2D eigenvalue weighted by atomic mass is 16.2. The topological polar surface area (TPSA) is 41.1 Å². The molecule has 0 heterocycles. The number of carbonyl (C=O) groups is 1. The van der Waals surface area contributed by atoms with Crippen molar-refractivity contribution in [3.05, 3.63) is 0 Å². The van der Waals surface area contributed by atoms with E-state index in [0.717, 1.165) is 13.0 Å². The molecule has 0 aliphatic heterocycles. The normalized spacial score (nSPS) is 11.9. The van der Waals surface area contributed by atoms with Gasteiger partial charge in [0.05, 0.1) is 6.54 Å². The molecule has 0 spiro atoms. The maximum absolute atomic E-state index is 11.6. The Balaban J connectivity index is 3.74. The fourth-order valence-electron chi connectivity index (χ4n) is 1.48. The van der Waals surface area contributed by atoms with Crippen LogP contribution in [0.15, 0.2) is 0 Å². The van der Waals surface area contributed by atoms with E-state index < -0.39 is 0 Å². The monoisotopic (exact) mass is 228 g/mol. The van der Waals surface area contributed by atoms with Gasteiger partial charge in [-0.25, -0.2) is 0 Å². The van der Waals surface area contributed by atoms with Gasteiger partial charge in [0.25, 0.3) is 0 Å². The van der Waals surface area contributed by atoms with Gasteiger partial charge >= 0.3 is 0 Å². The third kappa shape index (κ3) is 6.83. The summed E-state index contributed by atoms with van der Waals surface area (Å²) >= 11 is 0. The maximum Gasteiger partial charge on any atom is 0.234 e. The van der Waals surface area contributed by atoms with Crippen molar-refractivity contribution in [1.29, 1.82) is 0 Å². The highest BCUT2D eigenvalue weighted by Gasteiger charge is 2.17. The fourth-order valence-corrected chi connectivity index (χ4v) is 1.48. The van der Waals surface area contributed by atoms with Crippen LogP contribution in [0.4, 0.5) is 0 Å². The summed E-state index contributed by atoms with van der Waals surface area (Å²) in [5, 5.41) is 6.24. The molecule has 0 aromatic rings. The van der Waals surface area contributed by atoms with Gasteiger partial charge in [-0.3, -0.25) is 4.79 Å². The van der Waals surface area contributed by atoms with Crippen molar-refractivity contribution in [2.24, 2.45) is 5.92 Å². The first-order chi connectivity index (χ1) is 7.45. The van der Waals surface area contributed by atoms with Crippen LogP contribution in [0.2, 0.25) is 0 Å². The van der Waals surface area contributed by atoms with Crippen molar-refractivity contribution in [2.45, 2.75) is 59.4 Å². The Morgan fingerprint density at radius 2 is 1.75 bits per heavy atom. The van der Waals surface area contributed by atoms with Crippen LogP contribution in [0, 0.1) is 5.92 Å². The number of carbonyl (C=O) groups excluding carboxylic acids is 1. The molecule has 0 aromatic heterocycles. The second kappa shape index (κ2) is 7.66. The lowest BCUT2D eigenvalue weighted by Gasteiger charge is -2.24. The summed E-state index contributed by atoms with van der Waals surface area (Å²) in [6, 6.07) is 0. The van der Waals surface area contributed by atoms with Gasteiger partial charge in [0.15, 0.2) is 0 Å². The van der Waals surface area contributed by atoms with Gasteiger partial charge in [0, 0.05) is 5.54 Å². The molecule has 3 heteroatoms. The molecule has 3 nitrogen and oxygen atoms in total. The molecule has 0 fully saturated rings. The Kier molecular flexibility index (Phi) is 7.39. The molecule has 0 aromatic carbocycles. The molecule has 0 saturated heterocycles. The minimum Gasteiger partial charge on any atom is -0.350 e. The molecule has 96 valence electrons. The first-order valence-corrected chi connectivity index (χ1v) is 6.46. The maximum atomic E-state index is 11.6. The van der Waals surface area contributed by atoms with Gasteiger partial charge in [-0.15, -0.1) is 0 Å². The number of amides is 1. The Labute approximate surface area is 100 Å². The largest absolute Gasteiger partial charge is 0.350 e. The zero-order valence-corrected chi connectivity index (χ0v) is 11.5. The first-order valence-electron chi connectivity index (χ1n) is 6.46. The molecular weight excluding hydrogens is 200 g/mol. The van der Waals surface area contributed by atoms with Gasteiger partial charge in [-0.05, 0) is 32.7 Å². The van der Waals surface area contributed by atoms with E-state index in [1.165, 1.54) is 12.8 Å². The zero-order chi connectivity index (χ0) is 12.6. The van der Waals surface area contributed by atoms with Crippen LogP contribution in [0.25, 0.3) is 0 Å². The Morgan fingerprint density at radius 3 is 2.19 bits per heavy atom. The van der Waals surface area contributed by atoms with E-state index in [1.54, 1.807) is 0 Å². The minimum absolute atomic E-state index is 0.0896. The number of nitrogens with one attached hydrogen (secondary N) is 2. The zero-order valence-electron chi connectivity index (χ0n) is 11.5. The van der Waals surface area contributed by atoms with Crippen molar-refractivity contribution in [1.82, 2.24) is 10.6 Å². The molecule has 0 aliphatic carbocycles. The molecule has 0 aliphatic rings. The van der Waals surface area contributed by atoms with Crippen LogP contribution in [-0.2, 0) is 4.79 Å². The molecule has 0 atom stereocenters. The predicted molar refractivity (Wildman–Crippen MR) is 69.5 cm³/mol. The first kappa shape index (κ1) is 15.4. The van der Waals surface area contributed by atoms with E-state index in [-0.39, 0.29) is 11.4 Å². The van der Waals surface area contributed by atoms with Crippen molar-refractivity contribution < 1.29 is 4.79 Å². The van der Waals surface area contributed by atoms with Gasteiger partial charge in [-0.1, -0.05) is 33.6 Å². The van der Waals surface area contributed by atoms with E-state index in [0.29, 0.717) is 12.5 Å².